The van der Waals surface area contributed by atoms with Gasteiger partial charge in [0.2, 0.25) is 0 Å². The van der Waals surface area contributed by atoms with Crippen LogP contribution in [0.15, 0.2) is 71.3 Å². The number of fused-ring (bicyclic) bond motifs is 1. The zero-order chi connectivity index (χ0) is 17.6. The molecule has 0 unspecified atom stereocenters. The molecule has 0 atom stereocenters. The van der Waals surface area contributed by atoms with Crippen molar-refractivity contribution in [3.63, 3.8) is 0 Å². The first-order valence-corrected chi connectivity index (χ1v) is 7.68. The van der Waals surface area contributed by atoms with E-state index in [2.05, 4.69) is 17.1 Å². The molecule has 122 valence electrons. The quantitative estimate of drug-likeness (QED) is 0.440. The normalized spacial score (nSPS) is 11.1. The van der Waals surface area contributed by atoms with Crippen molar-refractivity contribution in [2.24, 2.45) is 0 Å². The van der Waals surface area contributed by atoms with Crippen molar-refractivity contribution in [2.45, 2.75) is 0 Å². The molecule has 0 fully saturated rings. The van der Waals surface area contributed by atoms with Crippen LogP contribution in [-0.2, 0) is 4.79 Å². The van der Waals surface area contributed by atoms with Crippen LogP contribution in [0.5, 0.6) is 0 Å². The van der Waals surface area contributed by atoms with E-state index in [1.165, 1.54) is 0 Å². The average Bonchev–Trinajstić information content (AvgIpc) is 3.08. The molecule has 0 spiro atoms. The molecule has 5 heteroatoms. The first-order valence-electron chi connectivity index (χ1n) is 7.68. The molecule has 0 aliphatic heterocycles. The fourth-order valence-electron chi connectivity index (χ4n) is 2.42. The Labute approximate surface area is 144 Å². The van der Waals surface area contributed by atoms with E-state index in [0.29, 0.717) is 17.8 Å². The van der Waals surface area contributed by atoms with E-state index in [1.807, 2.05) is 42.5 Å². The summed E-state index contributed by atoms with van der Waals surface area (Å²) in [5.74, 6) is 0.219. The highest BCUT2D eigenvalue weighted by Gasteiger charge is 2.12. The van der Waals surface area contributed by atoms with Gasteiger partial charge in [0.25, 0.3) is 5.91 Å². The monoisotopic (exact) mass is 329 g/mol. The number of nitrogens with one attached hydrogen (secondary N) is 1. The number of nitrogens with zero attached hydrogens (tertiary/aromatic N) is 2. The minimum Gasteiger partial charge on any atom is -0.355 e. The number of aromatic nitrogens is 1. The van der Waals surface area contributed by atoms with Crippen LogP contribution in [0.3, 0.4) is 0 Å². The molecule has 2 aromatic carbocycles. The van der Waals surface area contributed by atoms with Crippen LogP contribution in [0.2, 0.25) is 0 Å². The van der Waals surface area contributed by atoms with E-state index < -0.39 is 5.91 Å². The van der Waals surface area contributed by atoms with Gasteiger partial charge in [-0.3, -0.25) is 4.79 Å². The number of carbonyl (C=O) groups is 1. The molecule has 1 N–H and O–H groups in total. The molecule has 0 aliphatic carbocycles. The van der Waals surface area contributed by atoms with Gasteiger partial charge in [0.05, 0.1) is 5.39 Å². The van der Waals surface area contributed by atoms with E-state index in [9.17, 15) is 10.1 Å². The molecule has 0 saturated heterocycles. The average molecular weight is 329 g/mol. The van der Waals surface area contributed by atoms with Crippen molar-refractivity contribution < 1.29 is 9.32 Å². The van der Waals surface area contributed by atoms with Gasteiger partial charge in [0.15, 0.2) is 5.76 Å². The van der Waals surface area contributed by atoms with Gasteiger partial charge in [0, 0.05) is 12.1 Å². The maximum Gasteiger partial charge on any atom is 0.262 e. The van der Waals surface area contributed by atoms with Crippen LogP contribution < -0.4 is 5.32 Å². The summed E-state index contributed by atoms with van der Waals surface area (Å²) in [6.45, 7) is 3.84. The van der Waals surface area contributed by atoms with Gasteiger partial charge in [-0.05, 0) is 23.8 Å². The molecule has 1 heterocycles. The highest BCUT2D eigenvalue weighted by atomic mass is 16.5. The van der Waals surface area contributed by atoms with E-state index in [1.54, 1.807) is 24.3 Å². The molecule has 1 aromatic heterocycles. The molecule has 3 rings (SSSR count). The second-order valence-corrected chi connectivity index (χ2v) is 5.32. The van der Waals surface area contributed by atoms with Crippen LogP contribution in [-0.4, -0.2) is 17.6 Å². The fraction of sp³-hybridized carbons (Fsp3) is 0.0500. The van der Waals surface area contributed by atoms with Crippen LogP contribution in [0.4, 0.5) is 0 Å². The summed E-state index contributed by atoms with van der Waals surface area (Å²) in [7, 11) is 0. The van der Waals surface area contributed by atoms with Crippen molar-refractivity contribution >= 4 is 22.9 Å². The summed E-state index contributed by atoms with van der Waals surface area (Å²) in [6, 6.07) is 17.0. The summed E-state index contributed by atoms with van der Waals surface area (Å²) in [4.78, 5) is 12.0. The number of benzene rings is 2. The maximum atomic E-state index is 12.0. The molecule has 1 amide bonds. The molecule has 5 nitrogen and oxygen atoms in total. The molecule has 3 aromatic rings. The minimum atomic E-state index is -0.434. The highest BCUT2D eigenvalue weighted by Crippen LogP contribution is 2.29. The third kappa shape index (κ3) is 3.48. The molecule has 0 aliphatic rings. The minimum absolute atomic E-state index is 0.0268. The predicted molar refractivity (Wildman–Crippen MR) is 96.2 cm³/mol. The lowest BCUT2D eigenvalue weighted by Crippen LogP contribution is -2.24. The van der Waals surface area contributed by atoms with Crippen molar-refractivity contribution in [2.75, 3.05) is 6.54 Å². The van der Waals surface area contributed by atoms with Crippen LogP contribution in [0.1, 0.15) is 5.56 Å². The number of amides is 1. The second kappa shape index (κ2) is 7.28. The lowest BCUT2D eigenvalue weighted by Gasteiger charge is -2.01. The van der Waals surface area contributed by atoms with Gasteiger partial charge in [-0.2, -0.15) is 5.26 Å². The first kappa shape index (κ1) is 16.2. The van der Waals surface area contributed by atoms with E-state index in [0.717, 1.165) is 16.5 Å². The third-order valence-corrected chi connectivity index (χ3v) is 3.62. The highest BCUT2D eigenvalue weighted by molar-refractivity contribution is 6.02. The van der Waals surface area contributed by atoms with E-state index >= 15 is 0 Å². The standard InChI is InChI=1S/C20H15N3O2/c1-2-10-22-20(24)16(13-21)11-14-8-9-18-17(12-14)19(25-23-18)15-6-4-3-5-7-15/h2-9,11-12H,1,10H2,(H,22,24)/b16-11+. The van der Waals surface area contributed by atoms with Gasteiger partial charge in [-0.25, -0.2) is 0 Å². The summed E-state index contributed by atoms with van der Waals surface area (Å²) in [5.41, 5.74) is 2.37. The van der Waals surface area contributed by atoms with Gasteiger partial charge >= 0.3 is 0 Å². The Morgan fingerprint density at radius 3 is 2.80 bits per heavy atom. The third-order valence-electron chi connectivity index (χ3n) is 3.62. The molecular formula is C20H15N3O2. The first-order chi connectivity index (χ1) is 12.2. The fourth-order valence-corrected chi connectivity index (χ4v) is 2.42. The lowest BCUT2D eigenvalue weighted by molar-refractivity contribution is -0.116. The number of rotatable bonds is 5. The largest absolute Gasteiger partial charge is 0.355 e. The van der Waals surface area contributed by atoms with Crippen molar-refractivity contribution in [1.29, 1.82) is 5.26 Å². The van der Waals surface area contributed by atoms with Crippen molar-refractivity contribution in [3.8, 4) is 17.4 Å². The zero-order valence-electron chi connectivity index (χ0n) is 13.4. The lowest BCUT2D eigenvalue weighted by atomic mass is 10.0. The van der Waals surface area contributed by atoms with Crippen LogP contribution in [0, 0.1) is 11.3 Å². The molecule has 0 saturated carbocycles. The molecule has 0 bridgehead atoms. The summed E-state index contributed by atoms with van der Waals surface area (Å²) < 4.78 is 5.46. The Bertz CT molecular complexity index is 995. The Balaban J connectivity index is 2.01. The smallest absolute Gasteiger partial charge is 0.262 e. The van der Waals surface area contributed by atoms with Crippen LogP contribution in [0.25, 0.3) is 28.3 Å². The molecule has 0 radical (unpaired) electrons. The Morgan fingerprint density at radius 2 is 2.08 bits per heavy atom. The van der Waals surface area contributed by atoms with Gasteiger partial charge in [0.1, 0.15) is 17.2 Å². The summed E-state index contributed by atoms with van der Waals surface area (Å²) in [5, 5.41) is 16.7. The number of hydrogen-bond acceptors (Lipinski definition) is 4. The topological polar surface area (TPSA) is 78.9 Å². The zero-order valence-corrected chi connectivity index (χ0v) is 13.4. The second-order valence-electron chi connectivity index (χ2n) is 5.32. The molecule has 25 heavy (non-hydrogen) atoms. The number of nitriles is 1. The van der Waals surface area contributed by atoms with Crippen LogP contribution >= 0.6 is 0 Å². The number of hydrogen-bond donors (Lipinski definition) is 1. The van der Waals surface area contributed by atoms with Crippen molar-refractivity contribution in [1.82, 2.24) is 10.5 Å². The number of carbonyl (C=O) groups excluding carboxylic acids is 1. The van der Waals surface area contributed by atoms with E-state index in [-0.39, 0.29) is 5.57 Å². The summed E-state index contributed by atoms with van der Waals surface area (Å²) in [6.07, 6.45) is 3.10. The SMILES string of the molecule is C=CCNC(=O)/C(C#N)=C/c1ccc2noc(-c3ccccc3)c2c1. The van der Waals surface area contributed by atoms with Gasteiger partial charge < -0.3 is 9.84 Å². The molecular weight excluding hydrogens is 314 g/mol. The maximum absolute atomic E-state index is 12.0. The Kier molecular flexibility index (Phi) is 4.72. The van der Waals surface area contributed by atoms with Crippen molar-refractivity contribution in [3.05, 3.63) is 72.3 Å². The van der Waals surface area contributed by atoms with Gasteiger partial charge in [-0.1, -0.05) is 47.6 Å². The Hall–Kier alpha value is -3.65. The Morgan fingerprint density at radius 1 is 1.28 bits per heavy atom. The van der Waals surface area contributed by atoms with Gasteiger partial charge in [-0.15, -0.1) is 6.58 Å². The predicted octanol–water partition coefficient (Wildman–Crippen LogP) is 3.70. The summed E-state index contributed by atoms with van der Waals surface area (Å²) >= 11 is 0. The van der Waals surface area contributed by atoms with E-state index in [4.69, 9.17) is 4.52 Å².